The van der Waals surface area contributed by atoms with Gasteiger partial charge < -0.3 is 19.9 Å². The van der Waals surface area contributed by atoms with E-state index in [2.05, 4.69) is 19.2 Å². The van der Waals surface area contributed by atoms with Crippen LogP contribution in [-0.2, 0) is 11.2 Å². The lowest BCUT2D eigenvalue weighted by Crippen LogP contribution is -2.51. The number of rotatable bonds is 9. The summed E-state index contributed by atoms with van der Waals surface area (Å²) < 4.78 is 19.2. The molecule has 2 heterocycles. The van der Waals surface area contributed by atoms with E-state index < -0.39 is 0 Å². The number of benzene rings is 1. The predicted octanol–water partition coefficient (Wildman–Crippen LogP) is 4.86. The molecule has 0 unspecified atom stereocenters. The third-order valence-corrected chi connectivity index (χ3v) is 6.89. The van der Waals surface area contributed by atoms with Crippen LogP contribution in [0.5, 0.6) is 5.75 Å². The SMILES string of the molecule is CC[C@@H](C)CN(CC(=O)N1CCc2sccc2[C@@H]1COc1ccc(F)cc1)C(=O)NC(C)C. The highest BCUT2D eigenvalue weighted by molar-refractivity contribution is 7.10. The Bertz CT molecular complexity index is 931. The highest BCUT2D eigenvalue weighted by Gasteiger charge is 2.33. The van der Waals surface area contributed by atoms with Gasteiger partial charge in [0.2, 0.25) is 5.91 Å². The average Bonchev–Trinajstić information content (AvgIpc) is 3.26. The average molecular weight is 476 g/mol. The summed E-state index contributed by atoms with van der Waals surface area (Å²) in [6.07, 6.45) is 1.71. The normalized spacial score (nSPS) is 16.3. The topological polar surface area (TPSA) is 61.9 Å². The molecule has 1 N–H and O–H groups in total. The van der Waals surface area contributed by atoms with Crippen molar-refractivity contribution in [1.82, 2.24) is 15.1 Å². The van der Waals surface area contributed by atoms with E-state index in [-0.39, 0.29) is 48.9 Å². The Morgan fingerprint density at radius 2 is 1.97 bits per heavy atom. The van der Waals surface area contributed by atoms with E-state index in [4.69, 9.17) is 4.74 Å². The lowest BCUT2D eigenvalue weighted by atomic mass is 10.00. The lowest BCUT2D eigenvalue weighted by molar-refractivity contribution is -0.135. The maximum atomic E-state index is 13.5. The maximum Gasteiger partial charge on any atom is 0.318 e. The van der Waals surface area contributed by atoms with Crippen LogP contribution in [0.4, 0.5) is 9.18 Å². The summed E-state index contributed by atoms with van der Waals surface area (Å²) >= 11 is 1.69. The van der Waals surface area contributed by atoms with Gasteiger partial charge in [-0.05, 0) is 67.5 Å². The van der Waals surface area contributed by atoms with Gasteiger partial charge >= 0.3 is 6.03 Å². The van der Waals surface area contributed by atoms with Crippen LogP contribution in [0.1, 0.15) is 50.6 Å². The molecule has 2 aromatic rings. The molecular weight excluding hydrogens is 441 g/mol. The summed E-state index contributed by atoms with van der Waals surface area (Å²) in [5, 5.41) is 4.95. The van der Waals surface area contributed by atoms with Gasteiger partial charge in [-0.1, -0.05) is 20.3 Å². The number of fused-ring (bicyclic) bond motifs is 1. The number of urea groups is 1. The van der Waals surface area contributed by atoms with E-state index in [9.17, 15) is 14.0 Å². The standard InChI is InChI=1S/C25H34FN3O3S/c1-5-18(4)14-28(25(31)27-17(2)3)15-24(30)29-12-10-23-21(11-13-33-23)22(29)16-32-20-8-6-19(26)7-9-20/h6-9,11,13,17-18,22H,5,10,12,14-16H2,1-4H3,(H,27,31)/t18-,22+/m1/s1. The van der Waals surface area contributed by atoms with Crippen LogP contribution in [0, 0.1) is 11.7 Å². The number of ether oxygens (including phenoxy) is 1. The van der Waals surface area contributed by atoms with Crippen molar-refractivity contribution >= 4 is 23.3 Å². The Balaban J connectivity index is 1.76. The first-order chi connectivity index (χ1) is 15.8. The van der Waals surface area contributed by atoms with Crippen LogP contribution in [0.15, 0.2) is 35.7 Å². The van der Waals surface area contributed by atoms with Crippen LogP contribution in [0.2, 0.25) is 0 Å². The van der Waals surface area contributed by atoms with E-state index in [1.54, 1.807) is 28.4 Å². The molecule has 0 radical (unpaired) electrons. The minimum atomic E-state index is -0.321. The van der Waals surface area contributed by atoms with Gasteiger partial charge in [-0.15, -0.1) is 11.3 Å². The highest BCUT2D eigenvalue weighted by Crippen LogP contribution is 2.34. The fourth-order valence-corrected chi connectivity index (χ4v) is 4.83. The number of thiophene rings is 1. The third kappa shape index (κ3) is 6.69. The minimum Gasteiger partial charge on any atom is -0.491 e. The zero-order valence-corrected chi connectivity index (χ0v) is 20.7. The largest absolute Gasteiger partial charge is 0.491 e. The monoisotopic (exact) mass is 475 g/mol. The molecule has 6 nitrogen and oxygen atoms in total. The van der Waals surface area contributed by atoms with Crippen molar-refractivity contribution < 1.29 is 18.7 Å². The van der Waals surface area contributed by atoms with Gasteiger partial charge in [0.25, 0.3) is 0 Å². The van der Waals surface area contributed by atoms with Crippen molar-refractivity contribution in [3.63, 3.8) is 0 Å². The first-order valence-electron chi connectivity index (χ1n) is 11.6. The minimum absolute atomic E-state index is 0.00718. The molecule has 1 aliphatic heterocycles. The van der Waals surface area contributed by atoms with Crippen LogP contribution in [-0.4, -0.2) is 54.0 Å². The van der Waals surface area contributed by atoms with Gasteiger partial charge in [0.15, 0.2) is 0 Å². The first kappa shape index (κ1) is 25.0. The van der Waals surface area contributed by atoms with Crippen molar-refractivity contribution in [2.75, 3.05) is 26.2 Å². The Hall–Kier alpha value is -2.61. The number of halogens is 1. The second-order valence-electron chi connectivity index (χ2n) is 8.92. The second-order valence-corrected chi connectivity index (χ2v) is 9.92. The molecule has 0 fully saturated rings. The van der Waals surface area contributed by atoms with Gasteiger partial charge in [0.1, 0.15) is 24.7 Å². The van der Waals surface area contributed by atoms with Gasteiger partial charge in [-0.25, -0.2) is 9.18 Å². The van der Waals surface area contributed by atoms with Crippen LogP contribution >= 0.6 is 11.3 Å². The Morgan fingerprint density at radius 1 is 1.24 bits per heavy atom. The smallest absolute Gasteiger partial charge is 0.318 e. The Labute approximate surface area is 199 Å². The zero-order chi connectivity index (χ0) is 24.0. The van der Waals surface area contributed by atoms with E-state index in [0.717, 1.165) is 18.4 Å². The summed E-state index contributed by atoms with van der Waals surface area (Å²) in [6.45, 7) is 9.37. The van der Waals surface area contributed by atoms with Crippen molar-refractivity contribution in [2.45, 2.75) is 52.6 Å². The van der Waals surface area contributed by atoms with Gasteiger partial charge in [-0.2, -0.15) is 0 Å². The zero-order valence-electron chi connectivity index (χ0n) is 19.8. The Morgan fingerprint density at radius 3 is 2.64 bits per heavy atom. The Kier molecular flexibility index (Phi) is 8.72. The maximum absolute atomic E-state index is 13.5. The van der Waals surface area contributed by atoms with Crippen molar-refractivity contribution in [1.29, 1.82) is 0 Å². The van der Waals surface area contributed by atoms with E-state index in [0.29, 0.717) is 18.8 Å². The van der Waals surface area contributed by atoms with Crippen LogP contribution < -0.4 is 10.1 Å². The summed E-state index contributed by atoms with van der Waals surface area (Å²) in [6, 6.07) is 7.45. The molecule has 0 aliphatic carbocycles. The molecule has 1 aliphatic rings. The summed E-state index contributed by atoms with van der Waals surface area (Å²) in [4.78, 5) is 31.0. The highest BCUT2D eigenvalue weighted by atomic mass is 32.1. The van der Waals surface area contributed by atoms with E-state index >= 15 is 0 Å². The number of hydrogen-bond acceptors (Lipinski definition) is 4. The summed E-state index contributed by atoms with van der Waals surface area (Å²) in [5.74, 6) is 0.429. The fourth-order valence-electron chi connectivity index (χ4n) is 3.90. The van der Waals surface area contributed by atoms with Crippen molar-refractivity contribution in [3.8, 4) is 5.75 Å². The van der Waals surface area contributed by atoms with Crippen LogP contribution in [0.3, 0.4) is 0 Å². The predicted molar refractivity (Wildman–Crippen MR) is 129 cm³/mol. The quantitative estimate of drug-likeness (QED) is 0.564. The number of carbonyl (C=O) groups is 2. The molecule has 0 saturated heterocycles. The van der Waals surface area contributed by atoms with Crippen molar-refractivity contribution in [3.05, 3.63) is 52.0 Å². The van der Waals surface area contributed by atoms with E-state index in [1.165, 1.54) is 17.0 Å². The fraction of sp³-hybridized carbons (Fsp3) is 0.520. The number of nitrogens with one attached hydrogen (secondary N) is 1. The van der Waals surface area contributed by atoms with Gasteiger partial charge in [-0.3, -0.25) is 4.79 Å². The van der Waals surface area contributed by atoms with Crippen molar-refractivity contribution in [2.24, 2.45) is 5.92 Å². The molecule has 2 atom stereocenters. The second kappa shape index (κ2) is 11.5. The van der Waals surface area contributed by atoms with E-state index in [1.807, 2.05) is 30.2 Å². The third-order valence-electron chi connectivity index (χ3n) is 5.89. The molecular formula is C25H34FN3O3S. The molecule has 0 bridgehead atoms. The number of amides is 3. The number of nitrogens with zero attached hydrogens (tertiary/aromatic N) is 2. The first-order valence-corrected chi connectivity index (χ1v) is 12.5. The number of hydrogen-bond donors (Lipinski definition) is 1. The molecule has 1 aromatic heterocycles. The van der Waals surface area contributed by atoms with Gasteiger partial charge in [0, 0.05) is 24.0 Å². The summed E-state index contributed by atoms with van der Waals surface area (Å²) in [7, 11) is 0. The number of carbonyl (C=O) groups excluding carboxylic acids is 2. The molecule has 8 heteroatoms. The molecule has 3 rings (SSSR count). The summed E-state index contributed by atoms with van der Waals surface area (Å²) in [5.41, 5.74) is 1.09. The van der Waals surface area contributed by atoms with Crippen LogP contribution in [0.25, 0.3) is 0 Å². The molecule has 1 aromatic carbocycles. The molecule has 0 saturated carbocycles. The molecule has 3 amide bonds. The van der Waals surface area contributed by atoms with Gasteiger partial charge in [0.05, 0.1) is 6.04 Å². The molecule has 0 spiro atoms. The lowest BCUT2D eigenvalue weighted by Gasteiger charge is -2.37. The molecule has 180 valence electrons. The molecule has 33 heavy (non-hydrogen) atoms.